The van der Waals surface area contributed by atoms with Crippen LogP contribution in [0.3, 0.4) is 0 Å². The maximum Gasteiger partial charge on any atom is 0.231 e. The highest BCUT2D eigenvalue weighted by molar-refractivity contribution is 7.82. The van der Waals surface area contributed by atoms with Gasteiger partial charge in [0.1, 0.15) is 0 Å². The lowest BCUT2D eigenvalue weighted by Crippen LogP contribution is -2.19. The van der Waals surface area contributed by atoms with E-state index in [1.807, 2.05) is 36.4 Å². The highest BCUT2D eigenvalue weighted by Gasteiger charge is 2.20. The average molecular weight is 374 g/mol. The van der Waals surface area contributed by atoms with Crippen molar-refractivity contribution in [1.82, 2.24) is 0 Å². The van der Waals surface area contributed by atoms with Gasteiger partial charge in [-0.25, -0.2) is 0 Å². The van der Waals surface area contributed by atoms with Gasteiger partial charge in [0, 0.05) is 6.42 Å². The number of nitrogens with one attached hydrogen (secondary N) is 2. The zero-order valence-electron chi connectivity index (χ0n) is 13.0. The zero-order valence-corrected chi connectivity index (χ0v) is 14.7. The Labute approximate surface area is 155 Å². The van der Waals surface area contributed by atoms with Crippen LogP contribution in [0.25, 0.3) is 0 Å². The smallest absolute Gasteiger partial charge is 0.231 e. The van der Waals surface area contributed by atoms with Gasteiger partial charge in [-0.3, -0.25) is 0 Å². The lowest BCUT2D eigenvalue weighted by molar-refractivity contribution is 0.174. The van der Waals surface area contributed by atoms with Crippen molar-refractivity contribution in [3.63, 3.8) is 0 Å². The molecule has 0 spiro atoms. The SMILES string of the molecule is S=C(CC(=S)Nc1cccc2c1OCO2)Nc1cccc2c1OCO2. The summed E-state index contributed by atoms with van der Waals surface area (Å²) in [5.41, 5.74) is 1.53. The molecule has 8 heteroatoms. The Hall–Kier alpha value is -2.58. The molecule has 0 aromatic heterocycles. The zero-order chi connectivity index (χ0) is 17.2. The van der Waals surface area contributed by atoms with Crippen molar-refractivity contribution in [2.24, 2.45) is 0 Å². The van der Waals surface area contributed by atoms with Gasteiger partial charge in [-0.1, -0.05) is 36.6 Å². The van der Waals surface area contributed by atoms with Gasteiger partial charge in [-0.2, -0.15) is 0 Å². The predicted molar refractivity (Wildman–Crippen MR) is 102 cm³/mol. The predicted octanol–water partition coefficient (Wildman–Crippen LogP) is 3.71. The van der Waals surface area contributed by atoms with Crippen LogP contribution in [-0.2, 0) is 0 Å². The molecule has 0 fully saturated rings. The number of fused-ring (bicyclic) bond motifs is 2. The second kappa shape index (κ2) is 6.73. The Morgan fingerprint density at radius 3 is 1.72 bits per heavy atom. The summed E-state index contributed by atoms with van der Waals surface area (Å²) in [4.78, 5) is 1.15. The number of hydrogen-bond donors (Lipinski definition) is 2. The molecule has 0 aliphatic carbocycles. The summed E-state index contributed by atoms with van der Waals surface area (Å²) < 4.78 is 21.6. The summed E-state index contributed by atoms with van der Waals surface area (Å²) in [5, 5.41) is 6.31. The Morgan fingerprint density at radius 1 is 0.760 bits per heavy atom. The van der Waals surface area contributed by atoms with Crippen LogP contribution in [0.5, 0.6) is 23.0 Å². The van der Waals surface area contributed by atoms with Crippen molar-refractivity contribution in [2.45, 2.75) is 6.42 Å². The van der Waals surface area contributed by atoms with Crippen LogP contribution in [0, 0.1) is 0 Å². The first-order valence-corrected chi connectivity index (χ1v) is 8.39. The lowest BCUT2D eigenvalue weighted by Gasteiger charge is -2.13. The minimum Gasteiger partial charge on any atom is -0.454 e. The fourth-order valence-electron chi connectivity index (χ4n) is 2.59. The number of hydrogen-bond acceptors (Lipinski definition) is 6. The van der Waals surface area contributed by atoms with Crippen LogP contribution in [0.1, 0.15) is 6.42 Å². The molecule has 0 saturated carbocycles. The van der Waals surface area contributed by atoms with Crippen molar-refractivity contribution < 1.29 is 18.9 Å². The van der Waals surface area contributed by atoms with E-state index in [1.54, 1.807) is 0 Å². The molecule has 2 N–H and O–H groups in total. The number of thiocarbonyl (C=S) groups is 2. The first-order valence-electron chi connectivity index (χ1n) is 7.57. The number of anilines is 2. The van der Waals surface area contributed by atoms with Crippen LogP contribution in [0.4, 0.5) is 11.4 Å². The first-order chi connectivity index (χ1) is 12.2. The Morgan fingerprint density at radius 2 is 1.24 bits per heavy atom. The molecule has 128 valence electrons. The van der Waals surface area contributed by atoms with Crippen LogP contribution < -0.4 is 29.6 Å². The quantitative estimate of drug-likeness (QED) is 0.786. The van der Waals surface area contributed by atoms with E-state index in [4.69, 9.17) is 43.4 Å². The van der Waals surface area contributed by atoms with E-state index in [0.717, 1.165) is 11.4 Å². The molecule has 2 aromatic rings. The van der Waals surface area contributed by atoms with Gasteiger partial charge in [-0.05, 0) is 24.3 Å². The Bertz CT molecular complexity index is 787. The third-order valence-corrected chi connectivity index (χ3v) is 4.16. The molecule has 0 amide bonds. The maximum atomic E-state index is 5.46. The van der Waals surface area contributed by atoms with Crippen LogP contribution in [0.2, 0.25) is 0 Å². The summed E-state index contributed by atoms with van der Waals surface area (Å²) in [6, 6.07) is 11.2. The van der Waals surface area contributed by atoms with Gasteiger partial charge >= 0.3 is 0 Å². The summed E-state index contributed by atoms with van der Waals surface area (Å²) >= 11 is 10.8. The van der Waals surface area contributed by atoms with Gasteiger partial charge in [0.15, 0.2) is 23.0 Å². The number of rotatable bonds is 4. The minimum atomic E-state index is 0.210. The van der Waals surface area contributed by atoms with E-state index in [0.29, 0.717) is 39.4 Å². The molecule has 0 bridgehead atoms. The Kier molecular flexibility index (Phi) is 4.29. The third-order valence-electron chi connectivity index (χ3n) is 3.66. The van der Waals surface area contributed by atoms with Crippen molar-refractivity contribution in [2.75, 3.05) is 24.2 Å². The van der Waals surface area contributed by atoms with Gasteiger partial charge < -0.3 is 29.6 Å². The maximum absolute atomic E-state index is 5.46. The summed E-state index contributed by atoms with van der Waals surface area (Å²) in [6.07, 6.45) is 0.389. The second-order valence-electron chi connectivity index (χ2n) is 5.35. The first kappa shape index (κ1) is 15.9. The molecule has 2 aliphatic rings. The number of benzene rings is 2. The molecule has 2 aromatic carbocycles. The summed E-state index contributed by atoms with van der Waals surface area (Å²) in [6.45, 7) is 0.421. The van der Waals surface area contributed by atoms with Crippen LogP contribution in [0.15, 0.2) is 36.4 Å². The van der Waals surface area contributed by atoms with E-state index < -0.39 is 0 Å². The van der Waals surface area contributed by atoms with Gasteiger partial charge in [0.05, 0.1) is 21.4 Å². The molecule has 2 heterocycles. The van der Waals surface area contributed by atoms with Crippen molar-refractivity contribution >= 4 is 45.8 Å². The largest absolute Gasteiger partial charge is 0.454 e. The highest BCUT2D eigenvalue weighted by Crippen LogP contribution is 2.40. The molecule has 0 unspecified atom stereocenters. The molecule has 2 aliphatic heterocycles. The molecule has 0 saturated heterocycles. The molecular weight excluding hydrogens is 360 g/mol. The standard InChI is InChI=1S/C17H14N2O4S2/c24-14(18-10-3-1-5-12-16(10)22-8-20-12)7-15(25)19-11-4-2-6-13-17(11)23-9-21-13/h1-6H,7-9H2,(H,18,24)(H,19,25). The lowest BCUT2D eigenvalue weighted by atomic mass is 10.2. The molecular formula is C17H14N2O4S2. The monoisotopic (exact) mass is 374 g/mol. The van der Waals surface area contributed by atoms with Gasteiger partial charge in [0.2, 0.25) is 13.6 Å². The van der Waals surface area contributed by atoms with E-state index in [2.05, 4.69) is 10.6 Å². The van der Waals surface area contributed by atoms with E-state index in [1.165, 1.54) is 0 Å². The fraction of sp³-hybridized carbons (Fsp3) is 0.176. The summed E-state index contributed by atoms with van der Waals surface area (Å²) in [5.74, 6) is 2.72. The second-order valence-corrected chi connectivity index (χ2v) is 6.34. The van der Waals surface area contributed by atoms with Crippen molar-refractivity contribution in [3.8, 4) is 23.0 Å². The highest BCUT2D eigenvalue weighted by atomic mass is 32.1. The molecule has 6 nitrogen and oxygen atoms in total. The molecule has 25 heavy (non-hydrogen) atoms. The van der Waals surface area contributed by atoms with Crippen LogP contribution >= 0.6 is 24.4 Å². The summed E-state index contributed by atoms with van der Waals surface area (Å²) in [7, 11) is 0. The van der Waals surface area contributed by atoms with E-state index in [9.17, 15) is 0 Å². The topological polar surface area (TPSA) is 61.0 Å². The third kappa shape index (κ3) is 3.31. The minimum absolute atomic E-state index is 0.210. The average Bonchev–Trinajstić information content (AvgIpc) is 3.24. The fourth-order valence-corrected chi connectivity index (χ4v) is 3.19. The normalized spacial score (nSPS) is 13.4. The van der Waals surface area contributed by atoms with Crippen LogP contribution in [-0.4, -0.2) is 23.6 Å². The molecule has 0 radical (unpaired) electrons. The molecule has 4 rings (SSSR count). The number of ether oxygens (including phenoxy) is 4. The van der Waals surface area contributed by atoms with E-state index >= 15 is 0 Å². The van der Waals surface area contributed by atoms with Gasteiger partial charge in [-0.15, -0.1) is 0 Å². The van der Waals surface area contributed by atoms with E-state index in [-0.39, 0.29) is 13.6 Å². The van der Waals surface area contributed by atoms with Gasteiger partial charge in [0.25, 0.3) is 0 Å². The van der Waals surface area contributed by atoms with Crippen molar-refractivity contribution in [1.29, 1.82) is 0 Å². The molecule has 0 atom stereocenters. The number of para-hydroxylation sites is 2. The Balaban J connectivity index is 1.39. The van der Waals surface area contributed by atoms with Crippen molar-refractivity contribution in [3.05, 3.63) is 36.4 Å².